The van der Waals surface area contributed by atoms with Crippen molar-refractivity contribution in [2.45, 2.75) is 265 Å². The lowest BCUT2D eigenvalue weighted by atomic mass is 9.89. The van der Waals surface area contributed by atoms with Gasteiger partial charge in [0.2, 0.25) is 0 Å². The van der Waals surface area contributed by atoms with Crippen LogP contribution in [0, 0.1) is 17.8 Å². The fourth-order valence-corrected chi connectivity index (χ4v) is 8.74. The number of ether oxygens (including phenoxy) is 2. The topological polar surface area (TPSA) is 55.8 Å². The van der Waals surface area contributed by atoms with Gasteiger partial charge < -0.3 is 14.4 Å². The van der Waals surface area contributed by atoms with Crippen molar-refractivity contribution in [3.8, 4) is 0 Å². The Bertz CT molecular complexity index is 874. The molecule has 0 unspecified atom stereocenters. The van der Waals surface area contributed by atoms with Gasteiger partial charge in [-0.1, -0.05) is 245 Å². The second-order valence-corrected chi connectivity index (χ2v) is 19.0. The molecule has 0 amide bonds. The molecule has 5 nitrogen and oxygen atoms in total. The first-order chi connectivity index (χ1) is 29.4. The van der Waals surface area contributed by atoms with Gasteiger partial charge in [0.25, 0.3) is 0 Å². The Morgan fingerprint density at radius 1 is 0.383 bits per heavy atom. The zero-order valence-electron chi connectivity index (χ0n) is 41.4. The molecule has 0 bridgehead atoms. The Balaban J connectivity index is 4.28. The SMILES string of the molecule is CCCCCC(C/C=C\COC(=O)CCCCCCCC(CCCCCCCC(=O)OC/C=C\CC(CCCCC)CCCCC)CCCCCCN(C)C)CCCCC. The minimum atomic E-state index is -0.0369. The van der Waals surface area contributed by atoms with E-state index in [0.717, 1.165) is 56.3 Å². The number of nitrogens with zero attached hydrogens (tertiary/aromatic N) is 1. The summed E-state index contributed by atoms with van der Waals surface area (Å²) in [6.45, 7) is 11.2. The number of unbranched alkanes of at least 4 members (excludes halogenated alkanes) is 19. The van der Waals surface area contributed by atoms with Crippen LogP contribution in [0.4, 0.5) is 0 Å². The van der Waals surface area contributed by atoms with Crippen LogP contribution in [0.15, 0.2) is 24.3 Å². The summed E-state index contributed by atoms with van der Waals surface area (Å²) in [6.07, 6.45) is 54.5. The van der Waals surface area contributed by atoms with Gasteiger partial charge in [-0.25, -0.2) is 0 Å². The van der Waals surface area contributed by atoms with E-state index in [-0.39, 0.29) is 11.9 Å². The van der Waals surface area contributed by atoms with Crippen molar-refractivity contribution < 1.29 is 19.1 Å². The van der Waals surface area contributed by atoms with Crippen LogP contribution in [0.5, 0.6) is 0 Å². The van der Waals surface area contributed by atoms with Gasteiger partial charge in [0.1, 0.15) is 13.2 Å². The average molecular weight is 844 g/mol. The molecule has 0 aromatic heterocycles. The van der Waals surface area contributed by atoms with E-state index < -0.39 is 0 Å². The molecule has 0 N–H and O–H groups in total. The molecule has 354 valence electrons. The summed E-state index contributed by atoms with van der Waals surface area (Å²) < 4.78 is 11.1. The number of hydrogen-bond donors (Lipinski definition) is 0. The molecule has 0 atom stereocenters. The molecule has 0 aliphatic rings. The zero-order valence-corrected chi connectivity index (χ0v) is 41.4. The number of rotatable bonds is 47. The van der Waals surface area contributed by atoms with E-state index in [9.17, 15) is 9.59 Å². The first-order valence-corrected chi connectivity index (χ1v) is 26.6. The Morgan fingerprint density at radius 2 is 0.683 bits per heavy atom. The second-order valence-electron chi connectivity index (χ2n) is 19.0. The summed E-state index contributed by atoms with van der Waals surface area (Å²) in [7, 11) is 4.35. The third-order valence-electron chi connectivity index (χ3n) is 12.8. The predicted molar refractivity (Wildman–Crippen MR) is 263 cm³/mol. The molecule has 0 aliphatic carbocycles. The van der Waals surface area contributed by atoms with Gasteiger partial charge in [-0.2, -0.15) is 0 Å². The molecule has 0 saturated heterocycles. The smallest absolute Gasteiger partial charge is 0.306 e. The fourth-order valence-electron chi connectivity index (χ4n) is 8.74. The highest BCUT2D eigenvalue weighted by atomic mass is 16.5. The molecule has 0 rings (SSSR count). The summed E-state index contributed by atoms with van der Waals surface area (Å²) in [5.74, 6) is 2.33. The summed E-state index contributed by atoms with van der Waals surface area (Å²) in [5, 5.41) is 0. The summed E-state index contributed by atoms with van der Waals surface area (Å²) in [5.41, 5.74) is 0. The molecule has 0 aliphatic heterocycles. The maximum atomic E-state index is 12.3. The van der Waals surface area contributed by atoms with E-state index in [1.54, 1.807) is 0 Å². The number of carbonyl (C=O) groups excluding carboxylic acids is 2. The van der Waals surface area contributed by atoms with Crippen molar-refractivity contribution in [1.82, 2.24) is 4.90 Å². The van der Waals surface area contributed by atoms with Crippen molar-refractivity contribution in [2.24, 2.45) is 17.8 Å². The summed E-state index contributed by atoms with van der Waals surface area (Å²) in [6, 6.07) is 0. The van der Waals surface area contributed by atoms with Crippen molar-refractivity contribution >= 4 is 11.9 Å². The van der Waals surface area contributed by atoms with E-state index in [2.05, 4.69) is 71.0 Å². The van der Waals surface area contributed by atoms with Crippen LogP contribution in [0.3, 0.4) is 0 Å². The van der Waals surface area contributed by atoms with Crippen LogP contribution in [-0.4, -0.2) is 50.7 Å². The van der Waals surface area contributed by atoms with E-state index in [1.165, 1.54) is 193 Å². The Labute approximate surface area is 375 Å². The third kappa shape index (κ3) is 43.0. The van der Waals surface area contributed by atoms with Crippen LogP contribution in [0.1, 0.15) is 265 Å². The van der Waals surface area contributed by atoms with Crippen LogP contribution < -0.4 is 0 Å². The van der Waals surface area contributed by atoms with Crippen molar-refractivity contribution in [3.05, 3.63) is 24.3 Å². The third-order valence-corrected chi connectivity index (χ3v) is 12.8. The Morgan fingerprint density at radius 3 is 1.03 bits per heavy atom. The standard InChI is InChI=1S/C55H105NO4/c1-7-11-23-37-51(38-24-12-8-2)44-32-35-49-59-54(57)46-30-19-15-17-27-41-53(43-29-21-22-34-48-56(5)6)42-28-18-16-20-31-47-55(58)60-50-36-33-45-52(39-25-13-9-3)40-26-14-10-4/h32-33,35-36,51-53H,7-31,34,37-50H2,1-6H3/b35-32-,36-33-. The molecule has 0 heterocycles. The highest BCUT2D eigenvalue weighted by Gasteiger charge is 2.11. The molecule has 0 aromatic carbocycles. The average Bonchev–Trinajstić information content (AvgIpc) is 3.23. The minimum absolute atomic E-state index is 0.0369. The molecule has 0 aromatic rings. The molecular formula is C55H105NO4. The van der Waals surface area contributed by atoms with Gasteiger partial charge in [-0.05, 0) is 70.5 Å². The van der Waals surface area contributed by atoms with Crippen LogP contribution >= 0.6 is 0 Å². The summed E-state index contributed by atoms with van der Waals surface area (Å²) >= 11 is 0. The van der Waals surface area contributed by atoms with Crippen molar-refractivity contribution in [3.63, 3.8) is 0 Å². The zero-order chi connectivity index (χ0) is 44.0. The van der Waals surface area contributed by atoms with E-state index in [1.807, 2.05) is 0 Å². The quantitative estimate of drug-likeness (QED) is 0.0347. The number of carbonyl (C=O) groups is 2. The fraction of sp³-hybridized carbons (Fsp3) is 0.891. The lowest BCUT2D eigenvalue weighted by molar-refractivity contribution is -0.143. The van der Waals surface area contributed by atoms with E-state index in [4.69, 9.17) is 9.47 Å². The lowest BCUT2D eigenvalue weighted by Crippen LogP contribution is -2.12. The molecular weight excluding hydrogens is 739 g/mol. The molecule has 0 spiro atoms. The highest BCUT2D eigenvalue weighted by Crippen LogP contribution is 2.26. The highest BCUT2D eigenvalue weighted by molar-refractivity contribution is 5.69. The van der Waals surface area contributed by atoms with Crippen LogP contribution in [0.2, 0.25) is 0 Å². The van der Waals surface area contributed by atoms with E-state index in [0.29, 0.717) is 26.1 Å². The lowest BCUT2D eigenvalue weighted by Gasteiger charge is -2.17. The maximum Gasteiger partial charge on any atom is 0.306 e. The van der Waals surface area contributed by atoms with Gasteiger partial charge in [0.15, 0.2) is 0 Å². The Hall–Kier alpha value is -1.62. The largest absolute Gasteiger partial charge is 0.461 e. The monoisotopic (exact) mass is 844 g/mol. The molecule has 0 radical (unpaired) electrons. The van der Waals surface area contributed by atoms with Crippen molar-refractivity contribution in [2.75, 3.05) is 33.9 Å². The van der Waals surface area contributed by atoms with Gasteiger partial charge >= 0.3 is 11.9 Å². The normalized spacial score (nSPS) is 12.1. The number of esters is 2. The Kier molecular flexibility index (Phi) is 45.6. The number of allylic oxidation sites excluding steroid dienone is 2. The van der Waals surface area contributed by atoms with Gasteiger partial charge in [0, 0.05) is 12.8 Å². The molecule has 0 saturated carbocycles. The number of hydrogen-bond acceptors (Lipinski definition) is 5. The molecule has 0 fully saturated rings. The van der Waals surface area contributed by atoms with E-state index >= 15 is 0 Å². The first-order valence-electron chi connectivity index (χ1n) is 26.6. The second kappa shape index (κ2) is 46.9. The predicted octanol–water partition coefficient (Wildman–Crippen LogP) is 17.1. The van der Waals surface area contributed by atoms with Gasteiger partial charge in [-0.3, -0.25) is 9.59 Å². The minimum Gasteiger partial charge on any atom is -0.461 e. The van der Waals surface area contributed by atoms with Gasteiger partial charge in [-0.15, -0.1) is 0 Å². The van der Waals surface area contributed by atoms with Gasteiger partial charge in [0.05, 0.1) is 0 Å². The maximum absolute atomic E-state index is 12.3. The molecule has 60 heavy (non-hydrogen) atoms. The van der Waals surface area contributed by atoms with Crippen molar-refractivity contribution in [1.29, 1.82) is 0 Å². The van der Waals surface area contributed by atoms with Crippen LogP contribution in [0.25, 0.3) is 0 Å². The summed E-state index contributed by atoms with van der Waals surface area (Å²) in [4.78, 5) is 27.0. The first kappa shape index (κ1) is 58.4. The van der Waals surface area contributed by atoms with Crippen LogP contribution in [-0.2, 0) is 19.1 Å². The molecule has 5 heteroatoms.